The van der Waals surface area contributed by atoms with E-state index in [1.165, 1.54) is 5.01 Å². The van der Waals surface area contributed by atoms with Gasteiger partial charge in [0.1, 0.15) is 23.1 Å². The third-order valence-corrected chi connectivity index (χ3v) is 7.11. The smallest absolute Gasteiger partial charge is 0.257 e. The van der Waals surface area contributed by atoms with E-state index in [2.05, 4.69) is 10.2 Å². The normalized spacial score (nSPS) is 18.8. The molecule has 2 aromatic heterocycles. The number of likely N-dealkylation sites (tertiary alicyclic amines) is 1. The second-order valence-corrected chi connectivity index (χ2v) is 9.57. The predicted octanol–water partition coefficient (Wildman–Crippen LogP) is 5.05. The van der Waals surface area contributed by atoms with Crippen molar-refractivity contribution in [3.05, 3.63) is 90.6 Å². The first-order chi connectivity index (χ1) is 18.1. The van der Waals surface area contributed by atoms with Gasteiger partial charge in [-0.3, -0.25) is 14.5 Å². The molecule has 2 aliphatic rings. The Labute approximate surface area is 214 Å². The summed E-state index contributed by atoms with van der Waals surface area (Å²) >= 11 is 0. The fraction of sp³-hybridized carbons (Fsp3) is 0.276. The highest BCUT2D eigenvalue weighted by atomic mass is 16.3. The van der Waals surface area contributed by atoms with Crippen LogP contribution in [0.3, 0.4) is 0 Å². The third-order valence-electron chi connectivity index (χ3n) is 7.11. The summed E-state index contributed by atoms with van der Waals surface area (Å²) in [5, 5.41) is 10.2. The minimum absolute atomic E-state index is 0.0367. The highest BCUT2D eigenvalue weighted by Crippen LogP contribution is 2.34. The number of nitrogens with one attached hydrogen (secondary N) is 1. The summed E-state index contributed by atoms with van der Waals surface area (Å²) in [6.45, 7) is 1.59. The number of hydrazone groups is 1. The second kappa shape index (κ2) is 10.1. The molecule has 1 saturated heterocycles. The maximum absolute atomic E-state index is 13.5. The van der Waals surface area contributed by atoms with Crippen LogP contribution in [0.15, 0.2) is 93.0 Å². The third kappa shape index (κ3) is 4.93. The molecule has 1 fully saturated rings. The van der Waals surface area contributed by atoms with Gasteiger partial charge in [-0.2, -0.15) is 5.10 Å². The van der Waals surface area contributed by atoms with Gasteiger partial charge in [0, 0.05) is 23.4 Å². The van der Waals surface area contributed by atoms with Gasteiger partial charge in [0.05, 0.1) is 12.8 Å². The van der Waals surface area contributed by atoms with Gasteiger partial charge in [0.15, 0.2) is 5.76 Å². The lowest BCUT2D eigenvalue weighted by atomic mass is 9.95. The van der Waals surface area contributed by atoms with Crippen LogP contribution in [-0.2, 0) is 9.59 Å². The maximum Gasteiger partial charge on any atom is 0.257 e. The zero-order chi connectivity index (χ0) is 25.2. The minimum atomic E-state index is -0.320. The van der Waals surface area contributed by atoms with Crippen LogP contribution in [0.25, 0.3) is 11.0 Å². The van der Waals surface area contributed by atoms with Crippen molar-refractivity contribution in [2.45, 2.75) is 25.3 Å². The number of piperidine rings is 1. The van der Waals surface area contributed by atoms with E-state index in [-0.39, 0.29) is 30.3 Å². The summed E-state index contributed by atoms with van der Waals surface area (Å²) in [6.07, 6.45) is 3.55. The molecule has 1 N–H and O–H groups in total. The molecule has 4 heterocycles. The van der Waals surface area contributed by atoms with E-state index in [4.69, 9.17) is 13.9 Å². The number of carbonyl (C=O) groups is 2. The van der Waals surface area contributed by atoms with Crippen LogP contribution in [0.1, 0.15) is 36.8 Å². The van der Waals surface area contributed by atoms with Gasteiger partial charge >= 0.3 is 0 Å². The molecule has 0 saturated carbocycles. The number of nitrogens with zero attached hydrogens (tertiary/aromatic N) is 3. The molecule has 0 unspecified atom stereocenters. The fourth-order valence-corrected chi connectivity index (χ4v) is 5.10. The lowest BCUT2D eigenvalue weighted by Gasteiger charge is -2.32. The lowest BCUT2D eigenvalue weighted by molar-refractivity contribution is -0.135. The molecule has 2 amide bonds. The number of carbonyl (C=O) groups excluding carboxylic acids is 2. The summed E-state index contributed by atoms with van der Waals surface area (Å²) < 4.78 is 11.7. The van der Waals surface area contributed by atoms with Crippen LogP contribution in [-0.4, -0.2) is 47.1 Å². The number of fused-ring (bicyclic) bond motifs is 1. The van der Waals surface area contributed by atoms with Crippen molar-refractivity contribution in [3.63, 3.8) is 0 Å². The van der Waals surface area contributed by atoms with E-state index in [1.807, 2.05) is 72.8 Å². The number of hydrogen-bond donors (Lipinski definition) is 1. The number of amides is 2. The molecule has 2 aromatic carbocycles. The van der Waals surface area contributed by atoms with E-state index in [1.54, 1.807) is 6.26 Å². The Morgan fingerprint density at radius 1 is 0.973 bits per heavy atom. The largest absolute Gasteiger partial charge is 0.467 e. The van der Waals surface area contributed by atoms with Crippen LogP contribution in [0.2, 0.25) is 0 Å². The zero-order valence-electron chi connectivity index (χ0n) is 20.4. The van der Waals surface area contributed by atoms with E-state index in [0.717, 1.165) is 22.4 Å². The van der Waals surface area contributed by atoms with E-state index in [0.29, 0.717) is 43.9 Å². The van der Waals surface area contributed by atoms with Crippen LogP contribution < -0.4 is 5.32 Å². The molecule has 4 aromatic rings. The molecule has 8 nitrogen and oxygen atoms in total. The molecule has 188 valence electrons. The molecule has 37 heavy (non-hydrogen) atoms. The van der Waals surface area contributed by atoms with E-state index in [9.17, 15) is 9.59 Å². The van der Waals surface area contributed by atoms with Crippen molar-refractivity contribution in [3.8, 4) is 0 Å². The van der Waals surface area contributed by atoms with Crippen LogP contribution in [0.4, 0.5) is 5.69 Å². The molecule has 0 bridgehead atoms. The molecule has 2 aliphatic heterocycles. The fourth-order valence-electron chi connectivity index (χ4n) is 5.10. The first-order valence-corrected chi connectivity index (χ1v) is 12.6. The van der Waals surface area contributed by atoms with Gasteiger partial charge in [-0.1, -0.05) is 36.4 Å². The Balaban J connectivity index is 1.12. The Morgan fingerprint density at radius 2 is 1.76 bits per heavy atom. The topological polar surface area (TPSA) is 91.3 Å². The number of anilines is 1. The van der Waals surface area contributed by atoms with Crippen molar-refractivity contribution in [2.24, 2.45) is 11.0 Å². The number of furan rings is 2. The van der Waals surface area contributed by atoms with E-state index >= 15 is 0 Å². The second-order valence-electron chi connectivity index (χ2n) is 9.57. The molecule has 0 aliphatic carbocycles. The number of hydrogen-bond acceptors (Lipinski definition) is 6. The van der Waals surface area contributed by atoms with Gasteiger partial charge in [0.2, 0.25) is 5.91 Å². The van der Waals surface area contributed by atoms with Gasteiger partial charge in [-0.05, 0) is 62.3 Å². The van der Waals surface area contributed by atoms with Gasteiger partial charge in [0.25, 0.3) is 5.91 Å². The lowest BCUT2D eigenvalue weighted by Crippen LogP contribution is -2.43. The van der Waals surface area contributed by atoms with Crippen LogP contribution in [0.5, 0.6) is 0 Å². The Kier molecular flexibility index (Phi) is 6.32. The Bertz CT molecular complexity index is 1390. The number of benzene rings is 2. The molecule has 1 atom stereocenters. The Morgan fingerprint density at radius 3 is 2.51 bits per heavy atom. The van der Waals surface area contributed by atoms with Gasteiger partial charge < -0.3 is 14.2 Å². The summed E-state index contributed by atoms with van der Waals surface area (Å²) in [5.74, 6) is 1.24. The van der Waals surface area contributed by atoms with Gasteiger partial charge in [-0.15, -0.1) is 0 Å². The van der Waals surface area contributed by atoms with Crippen molar-refractivity contribution in [1.82, 2.24) is 9.91 Å². The zero-order valence-corrected chi connectivity index (χ0v) is 20.4. The quantitative estimate of drug-likeness (QED) is 0.403. The number of para-hydroxylation sites is 2. The Hall–Kier alpha value is -4.17. The van der Waals surface area contributed by atoms with Crippen molar-refractivity contribution >= 4 is 34.2 Å². The molecule has 0 spiro atoms. The van der Waals surface area contributed by atoms with Crippen molar-refractivity contribution in [2.75, 3.05) is 25.0 Å². The molecular formula is C29H28N4O4. The summed E-state index contributed by atoms with van der Waals surface area (Å²) in [6, 6.07) is 22.7. The first kappa shape index (κ1) is 23.2. The minimum Gasteiger partial charge on any atom is -0.467 e. The molecule has 0 radical (unpaired) electrons. The average molecular weight is 497 g/mol. The maximum atomic E-state index is 13.5. The monoisotopic (exact) mass is 496 g/mol. The summed E-state index contributed by atoms with van der Waals surface area (Å²) in [7, 11) is 0. The van der Waals surface area contributed by atoms with Crippen LogP contribution in [0, 0.1) is 5.92 Å². The SMILES string of the molecule is O=C(Nc1ccccc1)C1CCN(CC(=O)N2N=C(c3cc4ccccc4o3)C[C@@H]2c2ccco2)CC1. The summed E-state index contributed by atoms with van der Waals surface area (Å²) in [5.41, 5.74) is 2.32. The van der Waals surface area contributed by atoms with Crippen molar-refractivity contribution in [1.29, 1.82) is 0 Å². The molecule has 8 heteroatoms. The average Bonchev–Trinajstić information content (AvgIpc) is 3.69. The highest BCUT2D eigenvalue weighted by molar-refractivity contribution is 6.03. The van der Waals surface area contributed by atoms with Crippen LogP contribution >= 0.6 is 0 Å². The predicted molar refractivity (Wildman–Crippen MR) is 140 cm³/mol. The van der Waals surface area contributed by atoms with Crippen molar-refractivity contribution < 1.29 is 18.4 Å². The summed E-state index contributed by atoms with van der Waals surface area (Å²) in [4.78, 5) is 28.2. The molecule has 6 rings (SSSR count). The molecular weight excluding hydrogens is 468 g/mol. The first-order valence-electron chi connectivity index (χ1n) is 12.6. The standard InChI is InChI=1S/C29H28N4O4/c34-28(19-32-14-12-20(13-15-32)29(35)30-22-8-2-1-3-9-22)33-24(26-11-6-16-36-26)18-23(31-33)27-17-21-7-4-5-10-25(21)37-27/h1-11,16-17,20,24H,12-15,18-19H2,(H,30,35)/t24-/m1/s1. The van der Waals surface area contributed by atoms with Gasteiger partial charge in [-0.25, -0.2) is 5.01 Å². The number of rotatable bonds is 6. The highest BCUT2D eigenvalue weighted by Gasteiger charge is 2.37. The van der Waals surface area contributed by atoms with E-state index < -0.39 is 0 Å².